The van der Waals surface area contributed by atoms with Crippen LogP contribution in [0.2, 0.25) is 0 Å². The Hall–Kier alpha value is -3.33. The number of benzene rings is 1. The lowest BCUT2D eigenvalue weighted by molar-refractivity contribution is -0.117. The third-order valence-electron chi connectivity index (χ3n) is 4.61. The van der Waals surface area contributed by atoms with Crippen LogP contribution in [0.25, 0.3) is 5.78 Å². The molecule has 3 aromatic heterocycles. The Kier molecular flexibility index (Phi) is 4.44. The molecule has 1 fully saturated rings. The molecular formula is C20H19N7OS. The number of hydrogen-bond donors (Lipinski definition) is 3. The van der Waals surface area contributed by atoms with Crippen molar-refractivity contribution >= 4 is 40.8 Å². The van der Waals surface area contributed by atoms with Gasteiger partial charge in [0, 0.05) is 46.7 Å². The average molecular weight is 405 g/mol. The molecule has 8 nitrogen and oxygen atoms in total. The van der Waals surface area contributed by atoms with E-state index in [0.717, 1.165) is 45.8 Å². The van der Waals surface area contributed by atoms with Gasteiger partial charge in [0.15, 0.2) is 5.82 Å². The van der Waals surface area contributed by atoms with Crippen molar-refractivity contribution < 1.29 is 4.79 Å². The fourth-order valence-corrected chi connectivity index (χ4v) is 3.77. The van der Waals surface area contributed by atoms with Gasteiger partial charge in [-0.3, -0.25) is 14.3 Å². The number of aromatic nitrogens is 5. The molecule has 1 saturated carbocycles. The van der Waals surface area contributed by atoms with E-state index in [1.54, 1.807) is 6.20 Å². The first-order valence-electron chi connectivity index (χ1n) is 9.36. The van der Waals surface area contributed by atoms with Crippen molar-refractivity contribution in [3.63, 3.8) is 0 Å². The number of rotatable bonds is 6. The molecule has 9 heteroatoms. The van der Waals surface area contributed by atoms with Crippen LogP contribution in [0, 0.1) is 12.8 Å². The molecule has 0 aliphatic heterocycles. The summed E-state index contributed by atoms with van der Waals surface area (Å²) in [6, 6.07) is 11.7. The minimum atomic E-state index is 0.112. The second-order valence-electron chi connectivity index (χ2n) is 7.03. The number of carbonyl (C=O) groups is 1. The van der Waals surface area contributed by atoms with E-state index in [9.17, 15) is 4.79 Å². The summed E-state index contributed by atoms with van der Waals surface area (Å²) in [6.45, 7) is 1.95. The Morgan fingerprint density at radius 3 is 2.79 bits per heavy atom. The summed E-state index contributed by atoms with van der Waals surface area (Å²) < 4.78 is 1.88. The number of carbonyl (C=O) groups excluding carboxylic acids is 1. The summed E-state index contributed by atoms with van der Waals surface area (Å²) in [4.78, 5) is 21.9. The molecule has 1 aliphatic rings. The van der Waals surface area contributed by atoms with E-state index in [4.69, 9.17) is 0 Å². The number of hydrogen-bond acceptors (Lipinski definition) is 6. The predicted molar refractivity (Wildman–Crippen MR) is 112 cm³/mol. The lowest BCUT2D eigenvalue weighted by Gasteiger charge is -2.09. The SMILES string of the molecule is Cc1cc(Nc2cc(Sc3ccc(NC(=O)C4CC4)cc3)nc3nccn23)n[nH]1. The predicted octanol–water partition coefficient (Wildman–Crippen LogP) is 4.00. The zero-order valence-electron chi connectivity index (χ0n) is 15.7. The molecule has 29 heavy (non-hydrogen) atoms. The Morgan fingerprint density at radius 1 is 1.24 bits per heavy atom. The molecule has 1 aromatic carbocycles. The van der Waals surface area contributed by atoms with Crippen molar-refractivity contribution in [2.75, 3.05) is 10.6 Å². The van der Waals surface area contributed by atoms with Crippen LogP contribution in [0.3, 0.4) is 0 Å². The summed E-state index contributed by atoms with van der Waals surface area (Å²) >= 11 is 1.54. The molecule has 0 radical (unpaired) electrons. The summed E-state index contributed by atoms with van der Waals surface area (Å²) in [5.74, 6) is 2.48. The molecule has 0 unspecified atom stereocenters. The van der Waals surface area contributed by atoms with Gasteiger partial charge in [0.25, 0.3) is 0 Å². The maximum absolute atomic E-state index is 11.9. The first kappa shape index (κ1) is 17.7. The Bertz CT molecular complexity index is 1180. The van der Waals surface area contributed by atoms with E-state index in [2.05, 4.69) is 30.8 Å². The van der Waals surface area contributed by atoms with Crippen molar-refractivity contribution in [2.24, 2.45) is 5.92 Å². The number of amides is 1. The van der Waals surface area contributed by atoms with E-state index >= 15 is 0 Å². The molecule has 1 aliphatic carbocycles. The zero-order valence-corrected chi connectivity index (χ0v) is 16.5. The number of fused-ring (bicyclic) bond motifs is 1. The lowest BCUT2D eigenvalue weighted by atomic mass is 10.3. The second-order valence-corrected chi connectivity index (χ2v) is 8.12. The Morgan fingerprint density at radius 2 is 2.07 bits per heavy atom. The first-order chi connectivity index (χ1) is 14.1. The van der Waals surface area contributed by atoms with Gasteiger partial charge in [0.2, 0.25) is 11.7 Å². The zero-order chi connectivity index (χ0) is 19.8. The molecule has 0 atom stereocenters. The molecule has 5 rings (SSSR count). The molecule has 0 spiro atoms. The second kappa shape index (κ2) is 7.25. The normalized spacial score (nSPS) is 13.6. The molecule has 146 valence electrons. The van der Waals surface area contributed by atoms with Crippen LogP contribution in [0.15, 0.2) is 58.7 Å². The van der Waals surface area contributed by atoms with Crippen molar-refractivity contribution in [3.8, 4) is 0 Å². The molecule has 0 saturated heterocycles. The van der Waals surface area contributed by atoms with Gasteiger partial charge in [-0.05, 0) is 44.0 Å². The van der Waals surface area contributed by atoms with Gasteiger partial charge in [-0.2, -0.15) is 5.10 Å². The Labute approximate surface area is 171 Å². The lowest BCUT2D eigenvalue weighted by Crippen LogP contribution is -2.12. The van der Waals surface area contributed by atoms with Gasteiger partial charge in [-0.15, -0.1) is 0 Å². The summed E-state index contributed by atoms with van der Waals surface area (Å²) in [5, 5.41) is 14.2. The van der Waals surface area contributed by atoms with Crippen molar-refractivity contribution in [1.29, 1.82) is 0 Å². The standard InChI is InChI=1S/C20H19N7OS/c1-12-10-16(26-25-12)23-17-11-18(24-20-21-8-9-27(17)20)29-15-6-4-14(5-7-15)22-19(28)13-2-3-13/h4-11,13H,2-3H2,1H3,(H,22,28)(H2,23,25,26). The monoisotopic (exact) mass is 405 g/mol. The number of nitrogens with one attached hydrogen (secondary N) is 3. The van der Waals surface area contributed by atoms with E-state index < -0.39 is 0 Å². The van der Waals surface area contributed by atoms with Crippen LogP contribution in [-0.4, -0.2) is 30.5 Å². The highest BCUT2D eigenvalue weighted by molar-refractivity contribution is 7.99. The van der Waals surface area contributed by atoms with Crippen molar-refractivity contribution in [2.45, 2.75) is 29.7 Å². The van der Waals surface area contributed by atoms with Crippen LogP contribution >= 0.6 is 11.8 Å². The van der Waals surface area contributed by atoms with E-state index in [-0.39, 0.29) is 11.8 Å². The minimum absolute atomic E-state index is 0.112. The largest absolute Gasteiger partial charge is 0.326 e. The van der Waals surface area contributed by atoms with Gasteiger partial charge in [0.05, 0.1) is 0 Å². The number of nitrogens with zero attached hydrogens (tertiary/aromatic N) is 4. The number of anilines is 3. The topological polar surface area (TPSA) is 100 Å². The Balaban J connectivity index is 1.36. The highest BCUT2D eigenvalue weighted by Crippen LogP contribution is 2.32. The van der Waals surface area contributed by atoms with Gasteiger partial charge in [-0.25, -0.2) is 9.97 Å². The highest BCUT2D eigenvalue weighted by atomic mass is 32.2. The number of imidazole rings is 1. The molecule has 1 amide bonds. The fourth-order valence-electron chi connectivity index (χ4n) is 2.96. The highest BCUT2D eigenvalue weighted by Gasteiger charge is 2.29. The molecule has 4 aromatic rings. The van der Waals surface area contributed by atoms with Crippen molar-refractivity contribution in [3.05, 3.63) is 54.5 Å². The van der Waals surface area contributed by atoms with Crippen LogP contribution in [0.4, 0.5) is 17.3 Å². The number of H-pyrrole nitrogens is 1. The summed E-state index contributed by atoms with van der Waals surface area (Å²) in [7, 11) is 0. The third kappa shape index (κ3) is 3.95. The maximum Gasteiger partial charge on any atom is 0.236 e. The van der Waals surface area contributed by atoms with Crippen LogP contribution in [0.5, 0.6) is 0 Å². The quantitative estimate of drug-likeness (QED) is 0.419. The molecular weight excluding hydrogens is 386 g/mol. The summed E-state index contributed by atoms with van der Waals surface area (Å²) in [6.07, 6.45) is 5.57. The minimum Gasteiger partial charge on any atom is -0.326 e. The van der Waals surface area contributed by atoms with Crippen molar-refractivity contribution in [1.82, 2.24) is 24.6 Å². The van der Waals surface area contributed by atoms with Crippen LogP contribution in [0.1, 0.15) is 18.5 Å². The van der Waals surface area contributed by atoms with Gasteiger partial charge < -0.3 is 10.6 Å². The van der Waals surface area contributed by atoms with Crippen LogP contribution in [-0.2, 0) is 4.79 Å². The maximum atomic E-state index is 11.9. The number of aromatic amines is 1. The van der Waals surface area contributed by atoms with Gasteiger partial charge in [0.1, 0.15) is 10.8 Å². The smallest absolute Gasteiger partial charge is 0.236 e. The summed E-state index contributed by atoms with van der Waals surface area (Å²) in [5.41, 5.74) is 1.80. The number of aryl methyl sites for hydroxylation is 1. The van der Waals surface area contributed by atoms with E-state index in [1.807, 2.05) is 53.9 Å². The fraction of sp³-hybridized carbons (Fsp3) is 0.200. The molecule has 3 N–H and O–H groups in total. The van der Waals surface area contributed by atoms with E-state index in [0.29, 0.717) is 5.78 Å². The third-order valence-corrected chi connectivity index (χ3v) is 5.53. The van der Waals surface area contributed by atoms with E-state index in [1.165, 1.54) is 11.8 Å². The first-order valence-corrected chi connectivity index (χ1v) is 10.2. The van der Waals surface area contributed by atoms with Crippen LogP contribution < -0.4 is 10.6 Å². The van der Waals surface area contributed by atoms with Gasteiger partial charge in [-0.1, -0.05) is 11.8 Å². The molecule has 0 bridgehead atoms. The average Bonchev–Trinajstić information content (AvgIpc) is 3.32. The molecule has 3 heterocycles. The van der Waals surface area contributed by atoms with Gasteiger partial charge >= 0.3 is 0 Å².